The van der Waals surface area contributed by atoms with Crippen molar-refractivity contribution in [3.63, 3.8) is 0 Å². The molecule has 1 aliphatic heterocycles. The number of rotatable bonds is 1. The standard InChI is InChI=1S/C14H17NO3/c1-14(2,3)8-13-15-9-6-11-12(7-10(9)18-13)17-5-4-16-11/h6-7H,4-5,8H2,1-3H3. The van der Waals surface area contributed by atoms with Crippen molar-refractivity contribution in [2.75, 3.05) is 13.2 Å². The summed E-state index contributed by atoms with van der Waals surface area (Å²) in [5.41, 5.74) is 1.75. The zero-order valence-electron chi connectivity index (χ0n) is 10.9. The van der Waals surface area contributed by atoms with Crippen molar-refractivity contribution in [2.45, 2.75) is 27.2 Å². The molecule has 0 N–H and O–H groups in total. The highest BCUT2D eigenvalue weighted by molar-refractivity contribution is 5.77. The quantitative estimate of drug-likeness (QED) is 0.776. The van der Waals surface area contributed by atoms with Crippen LogP contribution in [0, 0.1) is 5.41 Å². The molecule has 96 valence electrons. The van der Waals surface area contributed by atoms with Gasteiger partial charge in [-0.1, -0.05) is 20.8 Å². The molecule has 1 aromatic carbocycles. The molecule has 0 saturated heterocycles. The van der Waals surface area contributed by atoms with E-state index in [0.29, 0.717) is 13.2 Å². The van der Waals surface area contributed by atoms with E-state index in [0.717, 1.165) is 34.9 Å². The lowest BCUT2D eigenvalue weighted by Crippen LogP contribution is -2.15. The fraction of sp³-hybridized carbons (Fsp3) is 0.500. The van der Waals surface area contributed by atoms with Crippen molar-refractivity contribution in [1.29, 1.82) is 0 Å². The van der Waals surface area contributed by atoms with Crippen LogP contribution < -0.4 is 9.47 Å². The summed E-state index contributed by atoms with van der Waals surface area (Å²) in [6.07, 6.45) is 0.814. The number of hydrogen-bond donors (Lipinski definition) is 0. The summed E-state index contributed by atoms with van der Waals surface area (Å²) in [6.45, 7) is 7.67. The number of ether oxygens (including phenoxy) is 2. The van der Waals surface area contributed by atoms with Gasteiger partial charge in [-0.05, 0) is 5.41 Å². The van der Waals surface area contributed by atoms with E-state index < -0.39 is 0 Å². The molecule has 4 nitrogen and oxygen atoms in total. The van der Waals surface area contributed by atoms with Gasteiger partial charge in [0.15, 0.2) is 23.0 Å². The molecule has 0 radical (unpaired) electrons. The van der Waals surface area contributed by atoms with E-state index in [1.807, 2.05) is 12.1 Å². The molecule has 1 aliphatic rings. The average molecular weight is 247 g/mol. The molecule has 2 heterocycles. The van der Waals surface area contributed by atoms with Crippen molar-refractivity contribution in [2.24, 2.45) is 5.41 Å². The number of benzene rings is 1. The largest absolute Gasteiger partial charge is 0.486 e. The van der Waals surface area contributed by atoms with E-state index >= 15 is 0 Å². The summed E-state index contributed by atoms with van der Waals surface area (Å²) in [6, 6.07) is 3.75. The van der Waals surface area contributed by atoms with Gasteiger partial charge in [0.1, 0.15) is 18.7 Å². The summed E-state index contributed by atoms with van der Waals surface area (Å²) in [4.78, 5) is 4.50. The molecule has 0 aliphatic carbocycles. The van der Waals surface area contributed by atoms with E-state index in [1.165, 1.54) is 0 Å². The Labute approximate surface area is 106 Å². The Morgan fingerprint density at radius 3 is 2.44 bits per heavy atom. The average Bonchev–Trinajstić information content (AvgIpc) is 2.63. The Morgan fingerprint density at radius 1 is 1.11 bits per heavy atom. The number of oxazole rings is 1. The van der Waals surface area contributed by atoms with Crippen LogP contribution in [0.1, 0.15) is 26.7 Å². The molecule has 0 saturated carbocycles. The van der Waals surface area contributed by atoms with Gasteiger partial charge in [0.2, 0.25) is 0 Å². The predicted molar refractivity (Wildman–Crippen MR) is 68.2 cm³/mol. The van der Waals surface area contributed by atoms with Crippen molar-refractivity contribution in [1.82, 2.24) is 4.98 Å². The highest BCUT2D eigenvalue weighted by Crippen LogP contribution is 2.35. The van der Waals surface area contributed by atoms with E-state index in [1.54, 1.807) is 0 Å². The van der Waals surface area contributed by atoms with Crippen LogP contribution in [-0.2, 0) is 6.42 Å². The monoisotopic (exact) mass is 247 g/mol. The Morgan fingerprint density at radius 2 is 1.78 bits per heavy atom. The molecule has 0 fully saturated rings. The number of hydrogen-bond acceptors (Lipinski definition) is 4. The van der Waals surface area contributed by atoms with Crippen molar-refractivity contribution >= 4 is 11.1 Å². The minimum atomic E-state index is 0.160. The van der Waals surface area contributed by atoms with Gasteiger partial charge in [-0.3, -0.25) is 0 Å². The van der Waals surface area contributed by atoms with Gasteiger partial charge < -0.3 is 13.9 Å². The molecule has 0 bridgehead atoms. The molecular weight excluding hydrogens is 230 g/mol. The summed E-state index contributed by atoms with van der Waals surface area (Å²) >= 11 is 0. The van der Waals surface area contributed by atoms with Gasteiger partial charge >= 0.3 is 0 Å². The number of nitrogens with zero attached hydrogens (tertiary/aromatic N) is 1. The molecule has 2 aromatic rings. The van der Waals surface area contributed by atoms with Crippen LogP contribution >= 0.6 is 0 Å². The van der Waals surface area contributed by atoms with E-state index in [9.17, 15) is 0 Å². The molecular formula is C14H17NO3. The normalized spacial score (nSPS) is 15.1. The minimum Gasteiger partial charge on any atom is -0.486 e. The Bertz CT molecular complexity index is 537. The third-order valence-corrected chi connectivity index (χ3v) is 2.78. The Balaban J connectivity index is 2.01. The van der Waals surface area contributed by atoms with Crippen LogP contribution in [0.4, 0.5) is 0 Å². The molecule has 1 aromatic heterocycles. The second-order valence-electron chi connectivity index (χ2n) is 5.81. The first-order chi connectivity index (χ1) is 8.51. The van der Waals surface area contributed by atoms with Gasteiger partial charge in [-0.2, -0.15) is 0 Å². The first-order valence-corrected chi connectivity index (χ1v) is 6.20. The summed E-state index contributed by atoms with van der Waals surface area (Å²) in [7, 11) is 0. The fourth-order valence-corrected chi connectivity index (χ4v) is 2.04. The maximum Gasteiger partial charge on any atom is 0.196 e. The Kier molecular flexibility index (Phi) is 2.47. The summed E-state index contributed by atoms with van der Waals surface area (Å²) in [5.74, 6) is 2.26. The van der Waals surface area contributed by atoms with Crippen LogP contribution in [0.5, 0.6) is 11.5 Å². The first-order valence-electron chi connectivity index (χ1n) is 6.20. The third kappa shape index (κ3) is 2.15. The smallest absolute Gasteiger partial charge is 0.196 e. The van der Waals surface area contributed by atoms with Crippen LogP contribution in [0.25, 0.3) is 11.1 Å². The highest BCUT2D eigenvalue weighted by atomic mass is 16.6. The zero-order valence-corrected chi connectivity index (χ0v) is 10.9. The van der Waals surface area contributed by atoms with Crippen molar-refractivity contribution in [3.8, 4) is 11.5 Å². The number of aromatic nitrogens is 1. The van der Waals surface area contributed by atoms with Gasteiger partial charge in [0.05, 0.1) is 0 Å². The second kappa shape index (κ2) is 3.90. The van der Waals surface area contributed by atoms with Gasteiger partial charge in [0.25, 0.3) is 0 Å². The van der Waals surface area contributed by atoms with Crippen molar-refractivity contribution < 1.29 is 13.9 Å². The van der Waals surface area contributed by atoms with Gasteiger partial charge in [-0.15, -0.1) is 0 Å². The summed E-state index contributed by atoms with van der Waals surface area (Å²) in [5, 5.41) is 0. The molecule has 0 spiro atoms. The molecule has 0 unspecified atom stereocenters. The third-order valence-electron chi connectivity index (χ3n) is 2.78. The van der Waals surface area contributed by atoms with Gasteiger partial charge in [0, 0.05) is 18.6 Å². The molecule has 4 heteroatoms. The first kappa shape index (κ1) is 11.4. The van der Waals surface area contributed by atoms with E-state index in [-0.39, 0.29) is 5.41 Å². The SMILES string of the molecule is CC(C)(C)Cc1nc2cc3c(cc2o1)OCCO3. The summed E-state index contributed by atoms with van der Waals surface area (Å²) < 4.78 is 16.8. The molecule has 0 amide bonds. The zero-order chi connectivity index (χ0) is 12.8. The fourth-order valence-electron chi connectivity index (χ4n) is 2.04. The van der Waals surface area contributed by atoms with E-state index in [4.69, 9.17) is 13.9 Å². The van der Waals surface area contributed by atoms with Crippen molar-refractivity contribution in [3.05, 3.63) is 18.0 Å². The lowest BCUT2D eigenvalue weighted by atomic mass is 9.92. The predicted octanol–water partition coefficient (Wildman–Crippen LogP) is 3.19. The number of fused-ring (bicyclic) bond motifs is 2. The molecule has 3 rings (SSSR count). The Hall–Kier alpha value is -1.71. The topological polar surface area (TPSA) is 44.5 Å². The van der Waals surface area contributed by atoms with Crippen LogP contribution in [0.15, 0.2) is 16.5 Å². The highest BCUT2D eigenvalue weighted by Gasteiger charge is 2.19. The second-order valence-corrected chi connectivity index (χ2v) is 5.81. The van der Waals surface area contributed by atoms with Crippen LogP contribution in [0.3, 0.4) is 0 Å². The van der Waals surface area contributed by atoms with Crippen LogP contribution in [0.2, 0.25) is 0 Å². The minimum absolute atomic E-state index is 0.160. The molecule has 0 atom stereocenters. The molecule has 18 heavy (non-hydrogen) atoms. The lowest BCUT2D eigenvalue weighted by Gasteiger charge is -2.17. The van der Waals surface area contributed by atoms with E-state index in [2.05, 4.69) is 25.8 Å². The lowest BCUT2D eigenvalue weighted by molar-refractivity contribution is 0.172. The van der Waals surface area contributed by atoms with Gasteiger partial charge in [-0.25, -0.2) is 4.98 Å². The van der Waals surface area contributed by atoms with Crippen LogP contribution in [-0.4, -0.2) is 18.2 Å². The maximum atomic E-state index is 5.76. The maximum absolute atomic E-state index is 5.76.